The number of piperidine rings is 1. The van der Waals surface area contributed by atoms with E-state index in [2.05, 4.69) is 39.2 Å². The van der Waals surface area contributed by atoms with Gasteiger partial charge in [0.1, 0.15) is 0 Å². The van der Waals surface area contributed by atoms with Crippen LogP contribution < -0.4 is 10.2 Å². The molecule has 1 aromatic heterocycles. The number of hydrogen-bond acceptors (Lipinski definition) is 5. The molecule has 0 aromatic carbocycles. The Kier molecular flexibility index (Phi) is 6.02. The lowest BCUT2D eigenvalue weighted by atomic mass is 10.0. The largest absolute Gasteiger partial charge is 0.353 e. The van der Waals surface area contributed by atoms with Crippen LogP contribution in [0.2, 0.25) is 0 Å². The van der Waals surface area contributed by atoms with Gasteiger partial charge in [0.15, 0.2) is 5.82 Å². The van der Waals surface area contributed by atoms with E-state index in [0.717, 1.165) is 25.3 Å². The predicted octanol–water partition coefficient (Wildman–Crippen LogP) is 3.24. The lowest BCUT2D eigenvalue weighted by Crippen LogP contribution is -2.39. The maximum atomic E-state index is 4.63. The topological polar surface area (TPSA) is 53.9 Å². The molecule has 0 radical (unpaired) electrons. The van der Waals surface area contributed by atoms with Crippen molar-refractivity contribution in [3.63, 3.8) is 0 Å². The normalized spacial score (nSPS) is 19.1. The minimum Gasteiger partial charge on any atom is -0.353 e. The fourth-order valence-corrected chi connectivity index (χ4v) is 2.81. The Morgan fingerprint density at radius 3 is 3.00 bits per heavy atom. The quantitative estimate of drug-likeness (QED) is 0.775. The van der Waals surface area contributed by atoms with Crippen molar-refractivity contribution in [3.05, 3.63) is 6.20 Å². The highest BCUT2D eigenvalue weighted by molar-refractivity contribution is 5.41. The number of anilines is 2. The van der Waals surface area contributed by atoms with Gasteiger partial charge in [-0.05, 0) is 32.1 Å². The molecule has 0 aliphatic carbocycles. The summed E-state index contributed by atoms with van der Waals surface area (Å²) in [7, 11) is 0. The Morgan fingerprint density at radius 1 is 1.30 bits per heavy atom. The van der Waals surface area contributed by atoms with Crippen LogP contribution in [-0.4, -0.2) is 34.3 Å². The van der Waals surface area contributed by atoms with E-state index < -0.39 is 0 Å². The zero-order chi connectivity index (χ0) is 14.2. The van der Waals surface area contributed by atoms with E-state index in [0.29, 0.717) is 12.0 Å². The van der Waals surface area contributed by atoms with Gasteiger partial charge in [0.25, 0.3) is 0 Å². The maximum Gasteiger partial charge on any atom is 0.244 e. The lowest BCUT2D eigenvalue weighted by Gasteiger charge is -2.35. The van der Waals surface area contributed by atoms with Crippen molar-refractivity contribution in [3.8, 4) is 0 Å². The van der Waals surface area contributed by atoms with Gasteiger partial charge in [-0.1, -0.05) is 26.7 Å². The zero-order valence-corrected chi connectivity index (χ0v) is 12.8. The van der Waals surface area contributed by atoms with Crippen LogP contribution in [0.25, 0.3) is 0 Å². The molecule has 5 nitrogen and oxygen atoms in total. The monoisotopic (exact) mass is 277 g/mol. The molecule has 5 heteroatoms. The molecule has 1 aromatic rings. The van der Waals surface area contributed by atoms with Gasteiger partial charge >= 0.3 is 0 Å². The van der Waals surface area contributed by atoms with Gasteiger partial charge in [0.2, 0.25) is 5.95 Å². The number of nitrogens with one attached hydrogen (secondary N) is 1. The van der Waals surface area contributed by atoms with E-state index in [1.165, 1.54) is 38.5 Å². The SMILES string of the molecule is CCCCCNc1nncc(N2CCCCC2CC)n1. The van der Waals surface area contributed by atoms with Gasteiger partial charge in [0.05, 0.1) is 6.20 Å². The summed E-state index contributed by atoms with van der Waals surface area (Å²) in [6.07, 6.45) is 10.4. The van der Waals surface area contributed by atoms with E-state index in [-0.39, 0.29) is 0 Å². The summed E-state index contributed by atoms with van der Waals surface area (Å²) < 4.78 is 0. The van der Waals surface area contributed by atoms with Crippen LogP contribution in [0.4, 0.5) is 11.8 Å². The fraction of sp³-hybridized carbons (Fsp3) is 0.800. The van der Waals surface area contributed by atoms with E-state index in [4.69, 9.17) is 0 Å². The van der Waals surface area contributed by atoms with Crippen molar-refractivity contribution >= 4 is 11.8 Å². The molecule has 0 amide bonds. The minimum absolute atomic E-state index is 0.605. The molecule has 0 saturated carbocycles. The second kappa shape index (κ2) is 8.02. The fourth-order valence-electron chi connectivity index (χ4n) is 2.81. The zero-order valence-electron chi connectivity index (χ0n) is 12.8. The molecule has 1 unspecified atom stereocenters. The van der Waals surface area contributed by atoms with Crippen LogP contribution >= 0.6 is 0 Å². The summed E-state index contributed by atoms with van der Waals surface area (Å²) in [5.74, 6) is 1.64. The lowest BCUT2D eigenvalue weighted by molar-refractivity contribution is 0.446. The first-order valence-corrected chi connectivity index (χ1v) is 8.05. The highest BCUT2D eigenvalue weighted by atomic mass is 15.3. The summed E-state index contributed by atoms with van der Waals surface area (Å²) in [6.45, 7) is 6.48. The second-order valence-electron chi connectivity index (χ2n) is 5.52. The number of hydrogen-bond donors (Lipinski definition) is 1. The molecule has 1 aliphatic heterocycles. The standard InChI is InChI=1S/C15H27N5/c1-3-5-7-10-16-15-18-14(12-17-19-15)20-11-8-6-9-13(20)4-2/h12-13H,3-11H2,1-2H3,(H,16,18,19). The Morgan fingerprint density at radius 2 is 2.20 bits per heavy atom. The number of rotatable bonds is 7. The highest BCUT2D eigenvalue weighted by Crippen LogP contribution is 2.24. The molecule has 1 saturated heterocycles. The third-order valence-electron chi connectivity index (χ3n) is 4.00. The summed E-state index contributed by atoms with van der Waals surface area (Å²) in [6, 6.07) is 0.605. The van der Waals surface area contributed by atoms with Crippen molar-refractivity contribution < 1.29 is 0 Å². The van der Waals surface area contributed by atoms with Gasteiger partial charge in [-0.15, -0.1) is 5.10 Å². The molecule has 1 aliphatic rings. The van der Waals surface area contributed by atoms with Gasteiger partial charge in [-0.3, -0.25) is 0 Å². The molecule has 1 fully saturated rings. The van der Waals surface area contributed by atoms with Gasteiger partial charge in [0, 0.05) is 19.1 Å². The number of nitrogens with zero attached hydrogens (tertiary/aromatic N) is 4. The van der Waals surface area contributed by atoms with Crippen molar-refractivity contribution in [1.82, 2.24) is 15.2 Å². The van der Waals surface area contributed by atoms with Crippen molar-refractivity contribution in [2.75, 3.05) is 23.3 Å². The Bertz CT molecular complexity index is 396. The Balaban J connectivity index is 1.97. The minimum atomic E-state index is 0.605. The molecule has 1 atom stereocenters. The first-order valence-electron chi connectivity index (χ1n) is 8.05. The Hall–Kier alpha value is -1.39. The summed E-state index contributed by atoms with van der Waals surface area (Å²) >= 11 is 0. The first-order chi connectivity index (χ1) is 9.85. The smallest absolute Gasteiger partial charge is 0.244 e. The molecule has 2 heterocycles. The summed E-state index contributed by atoms with van der Waals surface area (Å²) in [5, 5.41) is 11.5. The summed E-state index contributed by atoms with van der Waals surface area (Å²) in [5.41, 5.74) is 0. The molecule has 2 rings (SSSR count). The third kappa shape index (κ3) is 4.05. The van der Waals surface area contributed by atoms with Crippen molar-refractivity contribution in [2.45, 2.75) is 64.8 Å². The van der Waals surface area contributed by atoms with Gasteiger partial charge in [-0.25, -0.2) is 0 Å². The molecule has 0 bridgehead atoms. The summed E-state index contributed by atoms with van der Waals surface area (Å²) in [4.78, 5) is 7.03. The number of unbranched alkanes of at least 4 members (excludes halogenated alkanes) is 2. The third-order valence-corrected chi connectivity index (χ3v) is 4.00. The van der Waals surface area contributed by atoms with E-state index in [9.17, 15) is 0 Å². The average molecular weight is 277 g/mol. The molecule has 0 spiro atoms. The average Bonchev–Trinajstić information content (AvgIpc) is 2.52. The predicted molar refractivity (Wildman–Crippen MR) is 83.1 cm³/mol. The molecular weight excluding hydrogens is 250 g/mol. The van der Waals surface area contributed by atoms with E-state index in [1.807, 2.05) is 0 Å². The molecule has 1 N–H and O–H groups in total. The number of aromatic nitrogens is 3. The molecule has 20 heavy (non-hydrogen) atoms. The van der Waals surface area contributed by atoms with Gasteiger partial charge < -0.3 is 10.2 Å². The van der Waals surface area contributed by atoms with Crippen molar-refractivity contribution in [1.29, 1.82) is 0 Å². The van der Waals surface area contributed by atoms with Crippen LogP contribution in [-0.2, 0) is 0 Å². The highest BCUT2D eigenvalue weighted by Gasteiger charge is 2.22. The van der Waals surface area contributed by atoms with Gasteiger partial charge in [-0.2, -0.15) is 10.1 Å². The van der Waals surface area contributed by atoms with Crippen LogP contribution in [0, 0.1) is 0 Å². The molecular formula is C15H27N5. The Labute approximate surface area is 122 Å². The van der Waals surface area contributed by atoms with E-state index in [1.54, 1.807) is 6.20 Å². The maximum absolute atomic E-state index is 4.63. The van der Waals surface area contributed by atoms with Crippen molar-refractivity contribution in [2.24, 2.45) is 0 Å². The van der Waals surface area contributed by atoms with Crippen LogP contribution in [0.15, 0.2) is 6.20 Å². The molecule has 112 valence electrons. The van der Waals surface area contributed by atoms with Crippen LogP contribution in [0.1, 0.15) is 58.8 Å². The van der Waals surface area contributed by atoms with Crippen LogP contribution in [0.3, 0.4) is 0 Å². The van der Waals surface area contributed by atoms with Crippen LogP contribution in [0.5, 0.6) is 0 Å². The van der Waals surface area contributed by atoms with E-state index >= 15 is 0 Å². The second-order valence-corrected chi connectivity index (χ2v) is 5.52. The first kappa shape index (κ1) is 15.0.